The second kappa shape index (κ2) is 11.9. The van der Waals surface area contributed by atoms with Crippen molar-refractivity contribution < 1.29 is 28.4 Å². The molecule has 1 aliphatic carbocycles. The summed E-state index contributed by atoms with van der Waals surface area (Å²) in [6.45, 7) is 3.06. The Morgan fingerprint density at radius 2 is 1.61 bits per heavy atom. The summed E-state index contributed by atoms with van der Waals surface area (Å²) in [5.74, 6) is -1.61. The third-order valence-corrected chi connectivity index (χ3v) is 11.7. The van der Waals surface area contributed by atoms with Gasteiger partial charge in [0.2, 0.25) is 11.8 Å². The first-order valence-electron chi connectivity index (χ1n) is 17.7. The van der Waals surface area contributed by atoms with Gasteiger partial charge in [0, 0.05) is 60.9 Å². The molecule has 4 atom stereocenters. The summed E-state index contributed by atoms with van der Waals surface area (Å²) < 4.78 is 14.3. The van der Waals surface area contributed by atoms with Gasteiger partial charge in [0.05, 0.1) is 16.7 Å². The lowest BCUT2D eigenvalue weighted by atomic mass is 9.99. The molecule has 4 aromatic rings. The highest BCUT2D eigenvalue weighted by Gasteiger charge is 2.46. The van der Waals surface area contributed by atoms with Crippen LogP contribution in [0.25, 0.3) is 22.2 Å². The molecule has 2 saturated heterocycles. The molecular weight excluding hydrogens is 651 g/mol. The molecule has 1 saturated carbocycles. The number of aromatic amines is 1. The van der Waals surface area contributed by atoms with Gasteiger partial charge in [-0.1, -0.05) is 24.3 Å². The lowest BCUT2D eigenvalue weighted by Gasteiger charge is -2.27. The predicted octanol–water partition coefficient (Wildman–Crippen LogP) is 4.01. The molecule has 0 bridgehead atoms. The summed E-state index contributed by atoms with van der Waals surface area (Å²) in [6.07, 6.45) is 3.04. The van der Waals surface area contributed by atoms with Crippen molar-refractivity contribution in [3.63, 3.8) is 0 Å². The Morgan fingerprint density at radius 3 is 2.35 bits per heavy atom. The molecule has 4 aliphatic heterocycles. The van der Waals surface area contributed by atoms with Gasteiger partial charge in [0.15, 0.2) is 0 Å². The Bertz CT molecular complexity index is 2160. The number of hydrogen-bond donors (Lipinski definition) is 3. The van der Waals surface area contributed by atoms with Gasteiger partial charge in [-0.3, -0.25) is 39.1 Å². The highest BCUT2D eigenvalue weighted by Crippen LogP contribution is 2.43. The minimum Gasteiger partial charge on any atom is -0.371 e. The summed E-state index contributed by atoms with van der Waals surface area (Å²) >= 11 is 0. The standard InChI is InChI=1S/C39H37FN6O5/c1-44(17-20-2-4-21(5-3-20)35-28-10-11-41-36(48)30-14-24(40)15-31(42-35)34(28)30)26-12-22-18-45(19-23(22)13-26)25-6-7-27-29(16-25)39(51)46(38(27)50)32-8-9-33(47)43-37(32)49/h2-7,14-16,22-23,26,32,42H,8-13,17-19H2,1H3,(H,41,48)(H,43,47,49)/t22-,23+,26?,32?. The first-order chi connectivity index (χ1) is 24.6. The average molecular weight is 689 g/mol. The van der Waals surface area contributed by atoms with Crippen molar-refractivity contribution in [2.75, 3.05) is 31.6 Å². The minimum atomic E-state index is -0.973. The topological polar surface area (TPSA) is 135 Å². The minimum absolute atomic E-state index is 0.0917. The Labute approximate surface area is 293 Å². The Morgan fingerprint density at radius 1 is 0.863 bits per heavy atom. The number of nitrogens with one attached hydrogen (secondary N) is 3. The summed E-state index contributed by atoms with van der Waals surface area (Å²) in [5, 5.41) is 5.92. The largest absolute Gasteiger partial charge is 0.371 e. The van der Waals surface area contributed by atoms with Crippen molar-refractivity contribution in [3.8, 4) is 11.3 Å². The van der Waals surface area contributed by atoms with Crippen LogP contribution in [0.15, 0.2) is 54.6 Å². The van der Waals surface area contributed by atoms with E-state index in [1.54, 1.807) is 12.1 Å². The second-order valence-corrected chi connectivity index (χ2v) is 14.7. The molecular formula is C39H37FN6O5. The molecule has 2 unspecified atom stereocenters. The lowest BCUT2D eigenvalue weighted by molar-refractivity contribution is -0.136. The Balaban J connectivity index is 0.842. The number of anilines is 1. The zero-order chi connectivity index (χ0) is 35.1. The number of carbonyl (C=O) groups is 5. The van der Waals surface area contributed by atoms with Gasteiger partial charge in [-0.05, 0) is 91.6 Å². The first-order valence-corrected chi connectivity index (χ1v) is 17.7. The van der Waals surface area contributed by atoms with Crippen LogP contribution in [0.1, 0.15) is 67.9 Å². The number of piperidine rings is 1. The molecule has 260 valence electrons. The van der Waals surface area contributed by atoms with Gasteiger partial charge >= 0.3 is 0 Å². The molecule has 5 aliphatic rings. The fourth-order valence-electron chi connectivity index (χ4n) is 9.13. The van der Waals surface area contributed by atoms with E-state index in [2.05, 4.69) is 56.7 Å². The summed E-state index contributed by atoms with van der Waals surface area (Å²) in [7, 11) is 2.18. The van der Waals surface area contributed by atoms with Crippen LogP contribution in [0.4, 0.5) is 10.1 Å². The van der Waals surface area contributed by atoms with E-state index >= 15 is 0 Å². The van der Waals surface area contributed by atoms with Gasteiger partial charge in [-0.25, -0.2) is 4.39 Å². The van der Waals surface area contributed by atoms with Gasteiger partial charge in [0.25, 0.3) is 17.7 Å². The zero-order valence-corrected chi connectivity index (χ0v) is 28.1. The van der Waals surface area contributed by atoms with Gasteiger partial charge in [-0.15, -0.1) is 0 Å². The summed E-state index contributed by atoms with van der Waals surface area (Å²) in [6, 6.07) is 16.1. The number of halogens is 1. The second-order valence-electron chi connectivity index (χ2n) is 14.7. The van der Waals surface area contributed by atoms with Gasteiger partial charge in [0.1, 0.15) is 11.9 Å². The number of nitrogens with zero attached hydrogens (tertiary/aromatic N) is 3. The summed E-state index contributed by atoms with van der Waals surface area (Å²) in [5.41, 5.74) is 6.69. The number of carbonyl (C=O) groups excluding carboxylic acids is 5. The van der Waals surface area contributed by atoms with Crippen LogP contribution < -0.4 is 15.5 Å². The van der Waals surface area contributed by atoms with Crippen LogP contribution in [-0.2, 0) is 22.6 Å². The first kappa shape index (κ1) is 31.6. The molecule has 5 heterocycles. The molecule has 3 aromatic carbocycles. The van der Waals surface area contributed by atoms with Crippen molar-refractivity contribution in [1.82, 2.24) is 25.4 Å². The molecule has 3 fully saturated rings. The van der Waals surface area contributed by atoms with Crippen molar-refractivity contribution in [2.24, 2.45) is 11.8 Å². The average Bonchev–Trinajstić information content (AvgIpc) is 3.83. The Kier molecular flexibility index (Phi) is 7.36. The molecule has 3 N–H and O–H groups in total. The molecule has 9 rings (SSSR count). The highest BCUT2D eigenvalue weighted by atomic mass is 19.1. The monoisotopic (exact) mass is 688 g/mol. The molecule has 0 spiro atoms. The number of fused-ring (bicyclic) bond motifs is 2. The fourth-order valence-corrected chi connectivity index (χ4v) is 9.13. The van der Waals surface area contributed by atoms with Crippen LogP contribution in [0, 0.1) is 17.7 Å². The van der Waals surface area contributed by atoms with Gasteiger partial charge < -0.3 is 15.2 Å². The molecule has 11 nitrogen and oxygen atoms in total. The van der Waals surface area contributed by atoms with E-state index in [-0.39, 0.29) is 18.7 Å². The summed E-state index contributed by atoms with van der Waals surface area (Å²) in [4.78, 5) is 72.3. The number of amides is 5. The number of hydrogen-bond acceptors (Lipinski definition) is 7. The van der Waals surface area contributed by atoms with E-state index in [4.69, 9.17) is 0 Å². The maximum absolute atomic E-state index is 14.3. The molecule has 1 aromatic heterocycles. The fraction of sp³-hybridized carbons (Fsp3) is 0.359. The van der Waals surface area contributed by atoms with E-state index in [1.165, 1.54) is 17.7 Å². The van der Waals surface area contributed by atoms with E-state index in [1.807, 2.05) is 6.07 Å². The number of benzene rings is 3. The van der Waals surface area contributed by atoms with E-state index in [0.717, 1.165) is 65.3 Å². The maximum Gasteiger partial charge on any atom is 0.262 e. The molecule has 12 heteroatoms. The smallest absolute Gasteiger partial charge is 0.262 e. The number of rotatable bonds is 6. The molecule has 0 radical (unpaired) electrons. The van der Waals surface area contributed by atoms with Crippen LogP contribution in [0.5, 0.6) is 0 Å². The molecule has 51 heavy (non-hydrogen) atoms. The van der Waals surface area contributed by atoms with Gasteiger partial charge in [-0.2, -0.15) is 0 Å². The van der Waals surface area contributed by atoms with Crippen molar-refractivity contribution in [1.29, 1.82) is 0 Å². The number of H-pyrrole nitrogens is 1. The van der Waals surface area contributed by atoms with E-state index in [0.29, 0.717) is 53.1 Å². The zero-order valence-electron chi connectivity index (χ0n) is 28.1. The normalized spacial score (nSPS) is 24.3. The van der Waals surface area contributed by atoms with Crippen molar-refractivity contribution in [2.45, 2.75) is 50.7 Å². The predicted molar refractivity (Wildman–Crippen MR) is 187 cm³/mol. The lowest BCUT2D eigenvalue weighted by Crippen LogP contribution is -2.54. The Hall–Kier alpha value is -5.36. The molecule has 5 amide bonds. The van der Waals surface area contributed by atoms with E-state index < -0.39 is 35.5 Å². The SMILES string of the molecule is CN(Cc1ccc(-c2[nH]c3cc(F)cc4c3c2CCNC4=O)cc1)C1C[C@@H]2CN(c3ccc4c(c3)C(=O)N(C3CCC(=O)NC3=O)C4=O)C[C@@H]2C1. The number of imide groups is 2. The maximum atomic E-state index is 14.3. The van der Waals surface area contributed by atoms with Crippen LogP contribution in [0.3, 0.4) is 0 Å². The third kappa shape index (κ3) is 5.22. The van der Waals surface area contributed by atoms with E-state index in [9.17, 15) is 28.4 Å². The highest BCUT2D eigenvalue weighted by molar-refractivity contribution is 6.23. The number of aromatic nitrogens is 1. The van der Waals surface area contributed by atoms with Crippen molar-refractivity contribution in [3.05, 3.63) is 88.2 Å². The van der Waals surface area contributed by atoms with Crippen LogP contribution in [0.2, 0.25) is 0 Å². The van der Waals surface area contributed by atoms with Crippen LogP contribution in [-0.4, -0.2) is 83.1 Å². The third-order valence-electron chi connectivity index (χ3n) is 11.7. The van der Waals surface area contributed by atoms with Crippen molar-refractivity contribution >= 4 is 46.1 Å². The van der Waals surface area contributed by atoms with Crippen LogP contribution >= 0.6 is 0 Å². The quantitative estimate of drug-likeness (QED) is 0.261.